The van der Waals surface area contributed by atoms with Gasteiger partial charge >= 0.3 is 6.18 Å². The number of amides is 1. The van der Waals surface area contributed by atoms with Crippen LogP contribution in [0.5, 0.6) is 0 Å². The average molecular weight is 427 g/mol. The molecule has 3 N–H and O–H groups in total. The Labute approximate surface area is 161 Å². The molecule has 2 rings (SSSR count). The lowest BCUT2D eigenvalue weighted by Crippen LogP contribution is -2.43. The highest BCUT2D eigenvalue weighted by Gasteiger charge is 2.34. The largest absolute Gasteiger partial charge is 0.418 e. The molecule has 1 heterocycles. The van der Waals surface area contributed by atoms with Gasteiger partial charge in [-0.05, 0) is 19.1 Å². The molecule has 0 aliphatic rings. The molecule has 0 radical (unpaired) electrons. The number of carbonyl (C=O) groups excluding carboxylic acids is 1. The van der Waals surface area contributed by atoms with E-state index in [1.165, 1.54) is 19.1 Å². The fraction of sp³-hybridized carbons (Fsp3) is 0.312. The summed E-state index contributed by atoms with van der Waals surface area (Å²) < 4.78 is 66.7. The highest BCUT2D eigenvalue weighted by molar-refractivity contribution is 5.92. The number of benzene rings is 1. The molecule has 28 heavy (non-hydrogen) atoms. The zero-order valence-electron chi connectivity index (χ0n) is 14.4. The fourth-order valence-corrected chi connectivity index (χ4v) is 2.21. The third kappa shape index (κ3) is 5.26. The maximum absolute atomic E-state index is 13.2. The Hall–Kier alpha value is -2.53. The predicted octanol–water partition coefficient (Wildman–Crippen LogP) is 2.31. The summed E-state index contributed by atoms with van der Waals surface area (Å²) in [5, 5.41) is 5.47. The summed E-state index contributed by atoms with van der Waals surface area (Å²) in [7, 11) is 0. The number of hydrogen-bond donors (Lipinski definition) is 2. The molecule has 1 amide bonds. The number of halogens is 6. The first-order chi connectivity index (χ1) is 12.5. The first kappa shape index (κ1) is 23.5. The second-order valence-corrected chi connectivity index (χ2v) is 5.67. The van der Waals surface area contributed by atoms with Crippen molar-refractivity contribution in [3.63, 3.8) is 0 Å². The van der Waals surface area contributed by atoms with E-state index in [1.807, 2.05) is 0 Å². The van der Waals surface area contributed by atoms with E-state index in [2.05, 4.69) is 5.10 Å². The number of alkyl halides is 5. The van der Waals surface area contributed by atoms with E-state index in [4.69, 9.17) is 5.73 Å². The lowest BCUT2D eigenvalue weighted by Gasteiger charge is -2.17. The number of nitrogens with one attached hydrogen (secondary N) is 1. The predicted molar refractivity (Wildman–Crippen MR) is 93.2 cm³/mol. The van der Waals surface area contributed by atoms with E-state index < -0.39 is 53.5 Å². The third-order valence-corrected chi connectivity index (χ3v) is 3.57. The van der Waals surface area contributed by atoms with Gasteiger partial charge in [0.05, 0.1) is 24.3 Å². The molecule has 0 spiro atoms. The molecule has 0 bridgehead atoms. The van der Waals surface area contributed by atoms with Gasteiger partial charge in [-0.2, -0.15) is 18.3 Å². The number of aryl methyl sites for hydroxylation is 1. The van der Waals surface area contributed by atoms with Gasteiger partial charge in [0, 0.05) is 11.8 Å². The van der Waals surface area contributed by atoms with Crippen molar-refractivity contribution < 1.29 is 26.7 Å². The van der Waals surface area contributed by atoms with Crippen LogP contribution in [-0.2, 0) is 6.18 Å². The molecule has 0 saturated carbocycles. The van der Waals surface area contributed by atoms with Crippen LogP contribution >= 0.6 is 12.4 Å². The topological polar surface area (TPSA) is 90.0 Å². The summed E-state index contributed by atoms with van der Waals surface area (Å²) in [6, 6.07) is 5.32. The lowest BCUT2D eigenvalue weighted by atomic mass is 10.1. The van der Waals surface area contributed by atoms with Crippen LogP contribution in [0.3, 0.4) is 0 Å². The van der Waals surface area contributed by atoms with Crippen LogP contribution in [0.2, 0.25) is 0 Å². The van der Waals surface area contributed by atoms with Crippen molar-refractivity contribution in [2.45, 2.75) is 19.0 Å². The minimum Gasteiger partial charge on any atom is -0.344 e. The molecule has 0 unspecified atom stereocenters. The summed E-state index contributed by atoms with van der Waals surface area (Å²) >= 11 is 0. The molecule has 2 aromatic rings. The number of hydrogen-bond acceptors (Lipinski definition) is 4. The molecule has 12 heteroatoms. The molecule has 154 valence electrons. The van der Waals surface area contributed by atoms with Crippen LogP contribution in [0.1, 0.15) is 21.7 Å². The van der Waals surface area contributed by atoms with Crippen molar-refractivity contribution in [2.24, 2.45) is 5.73 Å². The standard InChI is InChI=1S/C16H15F5N4O2.ClH/c1-9-6-12(26)13(14(27)23-8-15(17,18)7-22)24-25(9)11-5-3-2-4-10(11)16(19,20)21;/h2-6H,7-8,22H2,1H3,(H,23,27);1H. The third-order valence-electron chi connectivity index (χ3n) is 3.57. The number of para-hydroxylation sites is 1. The van der Waals surface area contributed by atoms with Gasteiger partial charge in [0.15, 0.2) is 5.69 Å². The van der Waals surface area contributed by atoms with Crippen molar-refractivity contribution in [1.82, 2.24) is 15.1 Å². The van der Waals surface area contributed by atoms with Crippen LogP contribution in [-0.4, -0.2) is 34.7 Å². The Balaban J connectivity index is 0.00000392. The van der Waals surface area contributed by atoms with Gasteiger partial charge in [-0.15, -0.1) is 12.4 Å². The van der Waals surface area contributed by atoms with Gasteiger partial charge in [0.2, 0.25) is 5.43 Å². The number of rotatable bonds is 5. The molecular weight excluding hydrogens is 411 g/mol. The summed E-state index contributed by atoms with van der Waals surface area (Å²) in [4.78, 5) is 24.0. The molecule has 0 saturated heterocycles. The number of nitrogens with two attached hydrogens (primary N) is 1. The molecular formula is C16H16ClF5N4O2. The van der Waals surface area contributed by atoms with Crippen molar-refractivity contribution in [3.8, 4) is 5.69 Å². The molecule has 6 nitrogen and oxygen atoms in total. The smallest absolute Gasteiger partial charge is 0.344 e. The van der Waals surface area contributed by atoms with Crippen molar-refractivity contribution in [1.29, 1.82) is 0 Å². The van der Waals surface area contributed by atoms with E-state index >= 15 is 0 Å². The van der Waals surface area contributed by atoms with Crippen molar-refractivity contribution in [2.75, 3.05) is 13.1 Å². The first-order valence-electron chi connectivity index (χ1n) is 7.60. The Kier molecular flexibility index (Phi) is 7.26. The van der Waals surface area contributed by atoms with Gasteiger partial charge < -0.3 is 11.1 Å². The molecule has 1 aromatic carbocycles. The summed E-state index contributed by atoms with van der Waals surface area (Å²) in [5.74, 6) is -4.64. The fourth-order valence-electron chi connectivity index (χ4n) is 2.21. The maximum Gasteiger partial charge on any atom is 0.418 e. The van der Waals surface area contributed by atoms with Crippen molar-refractivity contribution in [3.05, 3.63) is 57.5 Å². The Morgan fingerprint density at radius 2 is 1.82 bits per heavy atom. The Morgan fingerprint density at radius 1 is 1.21 bits per heavy atom. The SMILES string of the molecule is Cc1cc(=O)c(C(=O)NCC(F)(F)CN)nn1-c1ccccc1C(F)(F)F.Cl. The van der Waals surface area contributed by atoms with Crippen LogP contribution in [0, 0.1) is 6.92 Å². The molecule has 0 atom stereocenters. The average Bonchev–Trinajstić information content (AvgIpc) is 2.59. The molecule has 0 fully saturated rings. The van der Waals surface area contributed by atoms with Gasteiger partial charge in [-0.25, -0.2) is 13.5 Å². The zero-order chi connectivity index (χ0) is 20.4. The minimum atomic E-state index is -4.71. The van der Waals surface area contributed by atoms with E-state index in [0.29, 0.717) is 0 Å². The van der Waals surface area contributed by atoms with Crippen LogP contribution in [0.25, 0.3) is 5.69 Å². The highest BCUT2D eigenvalue weighted by atomic mass is 35.5. The van der Waals surface area contributed by atoms with E-state index in [-0.39, 0.29) is 18.1 Å². The van der Waals surface area contributed by atoms with Gasteiger partial charge in [0.25, 0.3) is 11.8 Å². The van der Waals surface area contributed by atoms with Gasteiger partial charge in [-0.1, -0.05) is 12.1 Å². The summed E-state index contributed by atoms with van der Waals surface area (Å²) in [6.07, 6.45) is -4.71. The van der Waals surface area contributed by atoms with E-state index in [0.717, 1.165) is 22.9 Å². The zero-order valence-corrected chi connectivity index (χ0v) is 15.2. The summed E-state index contributed by atoms with van der Waals surface area (Å²) in [6.45, 7) is -0.847. The number of nitrogens with zero attached hydrogens (tertiary/aromatic N) is 2. The van der Waals surface area contributed by atoms with E-state index in [1.54, 1.807) is 5.32 Å². The monoisotopic (exact) mass is 426 g/mol. The molecule has 1 aromatic heterocycles. The first-order valence-corrected chi connectivity index (χ1v) is 7.60. The Bertz CT molecular complexity index is 915. The lowest BCUT2D eigenvalue weighted by molar-refractivity contribution is -0.137. The summed E-state index contributed by atoms with van der Waals surface area (Å²) in [5.41, 5.74) is 1.70. The minimum absolute atomic E-state index is 0. The van der Waals surface area contributed by atoms with Crippen molar-refractivity contribution >= 4 is 18.3 Å². The second-order valence-electron chi connectivity index (χ2n) is 5.67. The normalized spacial score (nSPS) is 11.7. The molecule has 0 aliphatic heterocycles. The molecule has 0 aliphatic carbocycles. The van der Waals surface area contributed by atoms with Crippen LogP contribution in [0.4, 0.5) is 22.0 Å². The van der Waals surface area contributed by atoms with Crippen LogP contribution < -0.4 is 16.5 Å². The second kappa shape index (κ2) is 8.65. The van der Waals surface area contributed by atoms with Gasteiger partial charge in [-0.3, -0.25) is 9.59 Å². The highest BCUT2D eigenvalue weighted by Crippen LogP contribution is 2.33. The Morgan fingerprint density at radius 3 is 2.39 bits per heavy atom. The number of aromatic nitrogens is 2. The maximum atomic E-state index is 13.2. The number of carbonyl (C=O) groups is 1. The van der Waals surface area contributed by atoms with Crippen LogP contribution in [0.15, 0.2) is 35.1 Å². The quantitative estimate of drug-likeness (QED) is 0.718. The van der Waals surface area contributed by atoms with Gasteiger partial charge in [0.1, 0.15) is 0 Å². The van der Waals surface area contributed by atoms with E-state index in [9.17, 15) is 31.5 Å².